The van der Waals surface area contributed by atoms with Crippen LogP contribution in [0.1, 0.15) is 25.7 Å². The Morgan fingerprint density at radius 3 is 2.60 bits per heavy atom. The van der Waals surface area contributed by atoms with Gasteiger partial charge in [-0.3, -0.25) is 4.79 Å². The highest BCUT2D eigenvalue weighted by molar-refractivity contribution is 5.83. The van der Waals surface area contributed by atoms with Gasteiger partial charge in [0, 0.05) is 12.5 Å². The van der Waals surface area contributed by atoms with Gasteiger partial charge in [-0.2, -0.15) is 0 Å². The highest BCUT2D eigenvalue weighted by Gasteiger charge is 2.32. The number of carbonyl (C=O) groups excluding carboxylic acids is 1. The smallest absolute Gasteiger partial charge is 0.148 e. The first-order valence-corrected chi connectivity index (χ1v) is 4.11. The Morgan fingerprint density at radius 2 is 2.20 bits per heavy atom. The average Bonchev–Trinajstić information content (AvgIpc) is 2.10. The first-order chi connectivity index (χ1) is 4.86. The second-order valence-electron chi connectivity index (χ2n) is 3.42. The number of hydrogen-bond acceptors (Lipinski definition) is 2. The van der Waals surface area contributed by atoms with E-state index in [1.54, 1.807) is 0 Å². The predicted octanol–water partition coefficient (Wildman–Crippen LogP) is 0.718. The molecule has 1 saturated heterocycles. The van der Waals surface area contributed by atoms with Crippen LogP contribution in [-0.4, -0.2) is 18.4 Å². The lowest BCUT2D eigenvalue weighted by molar-refractivity contribution is -0.116. The fraction of sp³-hybridized carbons (Fsp3) is 0.875. The van der Waals surface area contributed by atoms with E-state index in [0.717, 1.165) is 12.3 Å². The molecule has 0 aromatic carbocycles. The van der Waals surface area contributed by atoms with Gasteiger partial charge >= 0.3 is 0 Å². The average molecular weight is 139 g/mol. The molecule has 2 fully saturated rings. The molecule has 0 amide bonds. The van der Waals surface area contributed by atoms with Crippen molar-refractivity contribution in [1.82, 2.24) is 5.32 Å². The zero-order valence-electron chi connectivity index (χ0n) is 6.10. The second kappa shape index (κ2) is 2.35. The molecule has 2 rings (SSSR count). The molecule has 0 aromatic heterocycles. The molecule has 0 bridgehead atoms. The van der Waals surface area contributed by atoms with E-state index >= 15 is 0 Å². The molecular weight excluding hydrogens is 126 g/mol. The van der Waals surface area contributed by atoms with Crippen molar-refractivity contribution in [3.05, 3.63) is 0 Å². The first-order valence-electron chi connectivity index (χ1n) is 4.11. The largest absolute Gasteiger partial charge is 0.306 e. The van der Waals surface area contributed by atoms with Crippen molar-refractivity contribution in [2.75, 3.05) is 6.54 Å². The summed E-state index contributed by atoms with van der Waals surface area (Å²) in [4.78, 5) is 10.8. The lowest BCUT2D eigenvalue weighted by Gasteiger charge is -2.30. The second-order valence-corrected chi connectivity index (χ2v) is 3.42. The molecule has 0 spiro atoms. The van der Waals surface area contributed by atoms with E-state index in [4.69, 9.17) is 0 Å². The molecule has 1 saturated carbocycles. The molecule has 0 aromatic rings. The Morgan fingerprint density at radius 1 is 1.40 bits per heavy atom. The molecule has 1 aliphatic carbocycles. The maximum absolute atomic E-state index is 10.8. The summed E-state index contributed by atoms with van der Waals surface area (Å²) in [5.74, 6) is 1.23. The maximum atomic E-state index is 10.8. The molecule has 2 aliphatic rings. The highest BCUT2D eigenvalue weighted by atomic mass is 16.1. The zero-order valence-corrected chi connectivity index (χ0v) is 6.10. The van der Waals surface area contributed by atoms with Crippen molar-refractivity contribution >= 4 is 5.78 Å². The van der Waals surface area contributed by atoms with Crippen LogP contribution in [0.25, 0.3) is 0 Å². The molecule has 1 N–H and O–H groups in total. The van der Waals surface area contributed by atoms with Gasteiger partial charge in [-0.25, -0.2) is 0 Å². The highest BCUT2D eigenvalue weighted by Crippen LogP contribution is 2.32. The number of nitrogens with one attached hydrogen (secondary N) is 1. The third-order valence-corrected chi connectivity index (χ3v) is 2.73. The van der Waals surface area contributed by atoms with E-state index in [-0.39, 0.29) is 0 Å². The topological polar surface area (TPSA) is 29.1 Å². The van der Waals surface area contributed by atoms with Crippen molar-refractivity contribution in [3.8, 4) is 0 Å². The summed E-state index contributed by atoms with van der Waals surface area (Å²) in [5, 5.41) is 3.26. The summed E-state index contributed by atoms with van der Waals surface area (Å²) in [7, 11) is 0. The molecular formula is C8H13NO. The van der Waals surface area contributed by atoms with Gasteiger partial charge in [-0.1, -0.05) is 6.42 Å². The molecule has 1 aliphatic heterocycles. The molecule has 10 heavy (non-hydrogen) atoms. The van der Waals surface area contributed by atoms with Gasteiger partial charge in [0.25, 0.3) is 0 Å². The van der Waals surface area contributed by atoms with Crippen LogP contribution in [0.2, 0.25) is 0 Å². The van der Waals surface area contributed by atoms with Crippen LogP contribution in [0.4, 0.5) is 0 Å². The zero-order chi connectivity index (χ0) is 6.97. The Bertz CT molecular complexity index is 151. The van der Waals surface area contributed by atoms with Crippen LogP contribution in [-0.2, 0) is 4.79 Å². The van der Waals surface area contributed by atoms with E-state index < -0.39 is 0 Å². The minimum absolute atomic E-state index is 0.400. The minimum Gasteiger partial charge on any atom is -0.306 e. The molecule has 2 nitrogen and oxygen atoms in total. The van der Waals surface area contributed by atoms with Crippen LogP contribution in [0.3, 0.4) is 0 Å². The number of hydrogen-bond donors (Lipinski definition) is 1. The summed E-state index contributed by atoms with van der Waals surface area (Å²) in [6.45, 7) is 0.626. The van der Waals surface area contributed by atoms with Gasteiger partial charge in [0.05, 0.1) is 6.54 Å². The number of carbonyl (C=O) groups is 1. The van der Waals surface area contributed by atoms with Crippen LogP contribution in [0.15, 0.2) is 0 Å². The third kappa shape index (κ3) is 0.966. The summed E-state index contributed by atoms with van der Waals surface area (Å²) in [6, 6.07) is 0.543. The quantitative estimate of drug-likeness (QED) is 0.580. The van der Waals surface area contributed by atoms with Crippen LogP contribution < -0.4 is 5.32 Å². The van der Waals surface area contributed by atoms with Crippen molar-refractivity contribution in [2.24, 2.45) is 5.92 Å². The van der Waals surface area contributed by atoms with Crippen molar-refractivity contribution in [3.63, 3.8) is 0 Å². The summed E-state index contributed by atoms with van der Waals surface area (Å²) in [6.07, 6.45) is 4.84. The molecule has 1 heterocycles. The van der Waals surface area contributed by atoms with Gasteiger partial charge in [-0.05, 0) is 18.8 Å². The van der Waals surface area contributed by atoms with Crippen LogP contribution >= 0.6 is 0 Å². The fourth-order valence-corrected chi connectivity index (χ4v) is 1.81. The molecule has 56 valence electrons. The maximum Gasteiger partial charge on any atom is 0.148 e. The van der Waals surface area contributed by atoms with E-state index in [9.17, 15) is 4.79 Å². The number of ketones is 1. The fourth-order valence-electron chi connectivity index (χ4n) is 1.81. The van der Waals surface area contributed by atoms with Crippen LogP contribution in [0.5, 0.6) is 0 Å². The van der Waals surface area contributed by atoms with Gasteiger partial charge in [0.2, 0.25) is 0 Å². The van der Waals surface area contributed by atoms with E-state index in [0.29, 0.717) is 18.4 Å². The normalized spacial score (nSPS) is 34.4. The lowest BCUT2D eigenvalue weighted by Crippen LogP contribution is -2.34. The first kappa shape index (κ1) is 6.35. The van der Waals surface area contributed by atoms with E-state index in [1.165, 1.54) is 19.3 Å². The minimum atomic E-state index is 0.400. The predicted molar refractivity (Wildman–Crippen MR) is 38.8 cm³/mol. The SMILES string of the molecule is O=C1CNC(C2CCC2)C1. The number of Topliss-reactive ketones (excluding diaryl/α,β-unsaturated/α-hetero) is 1. The molecule has 2 heteroatoms. The Hall–Kier alpha value is -0.370. The summed E-state index contributed by atoms with van der Waals surface area (Å²) < 4.78 is 0. The van der Waals surface area contributed by atoms with Gasteiger partial charge < -0.3 is 5.32 Å². The standard InChI is InChI=1S/C8H13NO/c10-7-4-8(9-5-7)6-2-1-3-6/h6,8-9H,1-5H2. The lowest BCUT2D eigenvalue weighted by atomic mass is 9.79. The van der Waals surface area contributed by atoms with Crippen molar-refractivity contribution in [2.45, 2.75) is 31.7 Å². The molecule has 1 atom stereocenters. The van der Waals surface area contributed by atoms with E-state index in [1.807, 2.05) is 0 Å². The van der Waals surface area contributed by atoms with Crippen LogP contribution in [0, 0.1) is 5.92 Å². The Balaban J connectivity index is 1.88. The van der Waals surface area contributed by atoms with E-state index in [2.05, 4.69) is 5.32 Å². The van der Waals surface area contributed by atoms with Crippen molar-refractivity contribution in [1.29, 1.82) is 0 Å². The third-order valence-electron chi connectivity index (χ3n) is 2.73. The van der Waals surface area contributed by atoms with Gasteiger partial charge in [0.1, 0.15) is 5.78 Å². The molecule has 1 unspecified atom stereocenters. The number of rotatable bonds is 1. The molecule has 0 radical (unpaired) electrons. The van der Waals surface area contributed by atoms with Gasteiger partial charge in [0.15, 0.2) is 0 Å². The van der Waals surface area contributed by atoms with Crippen molar-refractivity contribution < 1.29 is 4.79 Å². The summed E-state index contributed by atoms with van der Waals surface area (Å²) >= 11 is 0. The summed E-state index contributed by atoms with van der Waals surface area (Å²) in [5.41, 5.74) is 0. The Kier molecular flexibility index (Phi) is 1.49. The van der Waals surface area contributed by atoms with Gasteiger partial charge in [-0.15, -0.1) is 0 Å². The monoisotopic (exact) mass is 139 g/mol. The Labute approximate surface area is 61.0 Å².